The van der Waals surface area contributed by atoms with Gasteiger partial charge in [-0.1, -0.05) is 23.2 Å². The number of carbonyl (C=O) groups excluding carboxylic acids is 1. The SMILES string of the molecule is CN1CCN(c2ccc(C(=O)Nc3cc(Cl)cc(Cl)c3)nc2)CC1. The van der Waals surface area contributed by atoms with Gasteiger partial charge in [-0.25, -0.2) is 4.98 Å². The zero-order valence-electron chi connectivity index (χ0n) is 13.3. The number of anilines is 2. The van der Waals surface area contributed by atoms with E-state index in [1.165, 1.54) is 0 Å². The molecule has 24 heavy (non-hydrogen) atoms. The number of rotatable bonds is 3. The van der Waals surface area contributed by atoms with Crippen molar-refractivity contribution in [2.75, 3.05) is 43.4 Å². The van der Waals surface area contributed by atoms with E-state index in [2.05, 4.69) is 27.1 Å². The summed E-state index contributed by atoms with van der Waals surface area (Å²) in [5.74, 6) is -0.293. The summed E-state index contributed by atoms with van der Waals surface area (Å²) >= 11 is 11.9. The number of amides is 1. The van der Waals surface area contributed by atoms with Crippen molar-refractivity contribution in [2.45, 2.75) is 0 Å². The number of nitrogens with zero attached hydrogens (tertiary/aromatic N) is 3. The van der Waals surface area contributed by atoms with Gasteiger partial charge >= 0.3 is 0 Å². The maximum absolute atomic E-state index is 12.3. The maximum Gasteiger partial charge on any atom is 0.274 e. The Kier molecular flexibility index (Phi) is 5.23. The largest absolute Gasteiger partial charge is 0.368 e. The molecule has 1 saturated heterocycles. The van der Waals surface area contributed by atoms with E-state index in [9.17, 15) is 4.79 Å². The second kappa shape index (κ2) is 7.38. The first-order valence-electron chi connectivity index (χ1n) is 7.68. The number of hydrogen-bond donors (Lipinski definition) is 1. The fraction of sp³-hybridized carbons (Fsp3) is 0.294. The molecule has 1 amide bonds. The molecule has 1 aliphatic rings. The molecule has 1 N–H and O–H groups in total. The van der Waals surface area contributed by atoms with E-state index < -0.39 is 0 Å². The van der Waals surface area contributed by atoms with Crippen LogP contribution in [0.1, 0.15) is 10.5 Å². The van der Waals surface area contributed by atoms with Gasteiger partial charge < -0.3 is 15.1 Å². The van der Waals surface area contributed by atoms with Crippen molar-refractivity contribution < 1.29 is 4.79 Å². The summed E-state index contributed by atoms with van der Waals surface area (Å²) in [6.45, 7) is 3.98. The first kappa shape index (κ1) is 17.0. The van der Waals surface area contributed by atoms with Gasteiger partial charge in [-0.15, -0.1) is 0 Å². The Hall–Kier alpha value is -1.82. The van der Waals surface area contributed by atoms with Crippen LogP contribution in [0.4, 0.5) is 11.4 Å². The summed E-state index contributed by atoms with van der Waals surface area (Å²) in [4.78, 5) is 21.1. The van der Waals surface area contributed by atoms with Crippen molar-refractivity contribution in [3.63, 3.8) is 0 Å². The van der Waals surface area contributed by atoms with Crippen molar-refractivity contribution in [1.82, 2.24) is 9.88 Å². The number of likely N-dealkylation sites (N-methyl/N-ethyl adjacent to an activating group) is 1. The number of nitrogens with one attached hydrogen (secondary N) is 1. The highest BCUT2D eigenvalue weighted by atomic mass is 35.5. The normalized spacial score (nSPS) is 15.4. The zero-order chi connectivity index (χ0) is 17.1. The summed E-state index contributed by atoms with van der Waals surface area (Å²) in [6.07, 6.45) is 1.74. The highest BCUT2D eigenvalue weighted by molar-refractivity contribution is 6.35. The average molecular weight is 365 g/mol. The minimum atomic E-state index is -0.293. The third-order valence-electron chi connectivity index (χ3n) is 3.97. The van der Waals surface area contributed by atoms with Gasteiger partial charge in [0.1, 0.15) is 5.69 Å². The van der Waals surface area contributed by atoms with Gasteiger partial charge in [0.25, 0.3) is 5.91 Å². The Morgan fingerprint density at radius 3 is 2.33 bits per heavy atom. The topological polar surface area (TPSA) is 48.5 Å². The molecule has 1 aliphatic heterocycles. The summed E-state index contributed by atoms with van der Waals surface area (Å²) < 4.78 is 0. The van der Waals surface area contributed by atoms with E-state index in [-0.39, 0.29) is 5.91 Å². The Morgan fingerprint density at radius 1 is 1.08 bits per heavy atom. The molecule has 7 heteroatoms. The molecule has 1 fully saturated rings. The predicted octanol–water partition coefficient (Wildman–Crippen LogP) is 3.39. The summed E-state index contributed by atoms with van der Waals surface area (Å²) in [5.41, 5.74) is 1.93. The molecule has 0 bridgehead atoms. The Bertz CT molecular complexity index is 708. The molecule has 0 atom stereocenters. The van der Waals surface area contributed by atoms with Gasteiger partial charge in [0.15, 0.2) is 0 Å². The molecule has 2 aromatic rings. The lowest BCUT2D eigenvalue weighted by molar-refractivity contribution is 0.102. The van der Waals surface area contributed by atoms with Crippen molar-refractivity contribution in [3.05, 3.63) is 52.3 Å². The van der Waals surface area contributed by atoms with Crippen LogP contribution in [0.5, 0.6) is 0 Å². The molecule has 0 saturated carbocycles. The standard InChI is InChI=1S/C17H18Cl2N4O/c1-22-4-6-23(7-5-22)15-2-3-16(20-11-15)17(24)21-14-9-12(18)8-13(19)10-14/h2-3,8-11H,4-7H2,1H3,(H,21,24). The third-order valence-corrected chi connectivity index (χ3v) is 4.41. The fourth-order valence-electron chi connectivity index (χ4n) is 2.59. The van der Waals surface area contributed by atoms with E-state index in [1.807, 2.05) is 6.07 Å². The molecule has 0 radical (unpaired) electrons. The lowest BCUT2D eigenvalue weighted by atomic mass is 10.2. The molecule has 3 rings (SSSR count). The second-order valence-corrected chi connectivity index (χ2v) is 6.68. The van der Waals surface area contributed by atoms with E-state index in [0.29, 0.717) is 21.4 Å². The van der Waals surface area contributed by atoms with Crippen molar-refractivity contribution in [1.29, 1.82) is 0 Å². The Morgan fingerprint density at radius 2 is 1.75 bits per heavy atom. The molecule has 2 heterocycles. The van der Waals surface area contributed by atoms with Crippen molar-refractivity contribution >= 4 is 40.5 Å². The van der Waals surface area contributed by atoms with Crippen LogP contribution in [0.25, 0.3) is 0 Å². The first-order valence-corrected chi connectivity index (χ1v) is 8.44. The molecule has 1 aromatic carbocycles. The Balaban J connectivity index is 1.67. The molecular weight excluding hydrogens is 347 g/mol. The number of halogens is 2. The number of hydrogen-bond acceptors (Lipinski definition) is 4. The van der Waals surface area contributed by atoms with Gasteiger partial charge in [0.2, 0.25) is 0 Å². The third kappa shape index (κ3) is 4.17. The van der Waals surface area contributed by atoms with Gasteiger partial charge in [-0.2, -0.15) is 0 Å². The number of benzene rings is 1. The zero-order valence-corrected chi connectivity index (χ0v) is 14.8. The number of pyridine rings is 1. The van der Waals surface area contributed by atoms with Crippen LogP contribution >= 0.6 is 23.2 Å². The average Bonchev–Trinajstić information content (AvgIpc) is 2.55. The molecule has 0 unspecified atom stereocenters. The fourth-order valence-corrected chi connectivity index (χ4v) is 3.12. The minimum absolute atomic E-state index is 0.293. The first-order chi connectivity index (χ1) is 11.5. The summed E-state index contributed by atoms with van der Waals surface area (Å²) in [5, 5.41) is 3.69. The van der Waals surface area contributed by atoms with Crippen LogP contribution in [-0.2, 0) is 0 Å². The van der Waals surface area contributed by atoms with Crippen molar-refractivity contribution in [3.8, 4) is 0 Å². The maximum atomic E-state index is 12.3. The summed E-state index contributed by atoms with van der Waals surface area (Å²) in [6, 6.07) is 8.56. The van der Waals surface area contributed by atoms with Gasteiger partial charge in [0, 0.05) is 41.9 Å². The van der Waals surface area contributed by atoms with Crippen LogP contribution in [-0.4, -0.2) is 49.0 Å². The number of aromatic nitrogens is 1. The van der Waals surface area contributed by atoms with E-state index in [4.69, 9.17) is 23.2 Å². The van der Waals surface area contributed by atoms with Crippen LogP contribution in [0.15, 0.2) is 36.5 Å². The van der Waals surface area contributed by atoms with Crippen LogP contribution in [0.3, 0.4) is 0 Å². The molecule has 0 aliphatic carbocycles. The number of carbonyl (C=O) groups is 1. The van der Waals surface area contributed by atoms with Crippen LogP contribution < -0.4 is 10.2 Å². The molecular formula is C17H18Cl2N4O. The predicted molar refractivity (Wildman–Crippen MR) is 98.4 cm³/mol. The van der Waals surface area contributed by atoms with E-state index in [1.54, 1.807) is 30.5 Å². The lowest BCUT2D eigenvalue weighted by Gasteiger charge is -2.33. The quantitative estimate of drug-likeness (QED) is 0.906. The smallest absolute Gasteiger partial charge is 0.274 e. The molecule has 5 nitrogen and oxygen atoms in total. The second-order valence-electron chi connectivity index (χ2n) is 5.80. The molecule has 1 aromatic heterocycles. The molecule has 126 valence electrons. The van der Waals surface area contributed by atoms with E-state index >= 15 is 0 Å². The van der Waals surface area contributed by atoms with Crippen LogP contribution in [0.2, 0.25) is 10.0 Å². The van der Waals surface area contributed by atoms with E-state index in [0.717, 1.165) is 31.9 Å². The van der Waals surface area contributed by atoms with Crippen molar-refractivity contribution in [2.24, 2.45) is 0 Å². The highest BCUT2D eigenvalue weighted by Gasteiger charge is 2.15. The monoisotopic (exact) mass is 364 g/mol. The number of piperazine rings is 1. The highest BCUT2D eigenvalue weighted by Crippen LogP contribution is 2.23. The minimum Gasteiger partial charge on any atom is -0.368 e. The van der Waals surface area contributed by atoms with Gasteiger partial charge in [0.05, 0.1) is 11.9 Å². The molecule has 0 spiro atoms. The Labute approximate surface area is 151 Å². The van der Waals surface area contributed by atoms with Gasteiger partial charge in [-0.05, 0) is 37.4 Å². The summed E-state index contributed by atoms with van der Waals surface area (Å²) in [7, 11) is 2.12. The lowest BCUT2D eigenvalue weighted by Crippen LogP contribution is -2.44. The van der Waals surface area contributed by atoms with Gasteiger partial charge in [-0.3, -0.25) is 4.79 Å². The van der Waals surface area contributed by atoms with Crippen LogP contribution in [0, 0.1) is 0 Å².